The van der Waals surface area contributed by atoms with Gasteiger partial charge in [0.2, 0.25) is 11.8 Å². The fraction of sp³-hybridized carbons (Fsp3) is 0.538. The SMILES string of the molecule is CC[C@H](C)C(NC(=O)OC)C(=O)N1[C@H](c2ncc(-c3ccc4c(c3)COc3cc5c(ccc6nc([C@@H]7CC[C@H](C)N7C(=O)[C@@H](NC(=O)OC)C7C[C@@H](C)O[C@H](C)C7)[nH]c65)cc3-4)[nH]2)C[C@@H]2CCC[C@@H]21. The standard InChI is InChI=1S/C52H64N8O8/c1-8-26(2)44(57-51(63)65-6)49(61)60-40-11-9-10-32(40)22-42(60)47-53-24-39(55-47)31-13-15-35-34(20-31)25-67-43-23-36-30(21-37(35)43)14-16-38-46(36)56-48(54-38)41-17-12-27(3)59(41)50(62)45(58-52(64)66-7)33-18-28(4)68-29(5)19-33/h13-16,20-21,23-24,26-29,32-33,40-42,44-45H,8-12,17-19,22,25H2,1-7H3,(H,53,55)(H,54,56)(H,57,63)(H,58,64)/t26-,27-,28+,29+,32-,40-,41-,42-,44?,45-/m0/s1. The molecule has 4 fully saturated rings. The summed E-state index contributed by atoms with van der Waals surface area (Å²) in [5.41, 5.74) is 6.66. The van der Waals surface area contributed by atoms with Gasteiger partial charge in [-0.25, -0.2) is 19.6 Å². The molecular formula is C52H64N8O8. The molecule has 68 heavy (non-hydrogen) atoms. The van der Waals surface area contributed by atoms with Crippen LogP contribution in [0, 0.1) is 17.8 Å². The van der Waals surface area contributed by atoms with E-state index in [0.717, 1.165) is 112 Å². The fourth-order valence-corrected chi connectivity index (χ4v) is 12.3. The lowest BCUT2D eigenvalue weighted by atomic mass is 9.85. The van der Waals surface area contributed by atoms with E-state index in [1.165, 1.54) is 14.2 Å². The number of likely N-dealkylation sites (tertiary alicyclic amines) is 2. The van der Waals surface area contributed by atoms with E-state index in [1.54, 1.807) is 0 Å². The highest BCUT2D eigenvalue weighted by atomic mass is 16.5. The predicted octanol–water partition coefficient (Wildman–Crippen LogP) is 8.86. The van der Waals surface area contributed by atoms with Crippen LogP contribution in [0.3, 0.4) is 0 Å². The van der Waals surface area contributed by atoms with Gasteiger partial charge in [-0.2, -0.15) is 0 Å². The smallest absolute Gasteiger partial charge is 0.407 e. The number of imidazole rings is 2. The molecular weight excluding hydrogens is 865 g/mol. The van der Waals surface area contributed by atoms with Gasteiger partial charge in [-0.3, -0.25) is 9.59 Å². The molecule has 0 bridgehead atoms. The van der Waals surface area contributed by atoms with Gasteiger partial charge in [-0.05, 0) is 130 Å². The van der Waals surface area contributed by atoms with E-state index >= 15 is 0 Å². The zero-order valence-corrected chi connectivity index (χ0v) is 40.1. The number of methoxy groups -OCH3 is 2. The van der Waals surface area contributed by atoms with E-state index in [1.807, 2.05) is 49.8 Å². The Kier molecular flexibility index (Phi) is 12.3. The molecule has 1 aliphatic carbocycles. The number of nitrogens with one attached hydrogen (secondary N) is 4. The third-order valence-electron chi connectivity index (χ3n) is 15.8. The monoisotopic (exact) mass is 928 g/mol. The molecule has 4 amide bonds. The Bertz CT molecular complexity index is 2740. The number of amides is 4. The number of nitrogens with zero attached hydrogens (tertiary/aromatic N) is 4. The molecule has 4 N–H and O–H groups in total. The first-order valence-corrected chi connectivity index (χ1v) is 24.6. The van der Waals surface area contributed by atoms with Crippen molar-refractivity contribution in [1.29, 1.82) is 0 Å². The minimum Gasteiger partial charge on any atom is -0.488 e. The number of benzene rings is 3. The van der Waals surface area contributed by atoms with Crippen LogP contribution in [0.2, 0.25) is 0 Å². The summed E-state index contributed by atoms with van der Waals surface area (Å²) in [4.78, 5) is 75.2. The van der Waals surface area contributed by atoms with E-state index in [4.69, 9.17) is 28.9 Å². The second kappa shape index (κ2) is 18.4. The summed E-state index contributed by atoms with van der Waals surface area (Å²) in [6, 6.07) is 12.9. The fourth-order valence-electron chi connectivity index (χ4n) is 12.3. The molecule has 1 saturated carbocycles. The Hall–Kier alpha value is -6.16. The Morgan fingerprint density at radius 2 is 1.62 bits per heavy atom. The summed E-state index contributed by atoms with van der Waals surface area (Å²) < 4.78 is 22.4. The zero-order valence-electron chi connectivity index (χ0n) is 40.1. The highest BCUT2D eigenvalue weighted by Gasteiger charge is 2.50. The lowest BCUT2D eigenvalue weighted by Gasteiger charge is -2.39. The van der Waals surface area contributed by atoms with Crippen LogP contribution in [0.15, 0.2) is 48.7 Å². The quantitative estimate of drug-likeness (QED) is 0.105. The van der Waals surface area contributed by atoms with Gasteiger partial charge in [-0.1, -0.05) is 44.9 Å². The van der Waals surface area contributed by atoms with Gasteiger partial charge in [0.1, 0.15) is 36.1 Å². The molecule has 16 nitrogen and oxygen atoms in total. The van der Waals surface area contributed by atoms with Gasteiger partial charge < -0.3 is 49.3 Å². The van der Waals surface area contributed by atoms with Crippen LogP contribution in [-0.2, 0) is 30.4 Å². The van der Waals surface area contributed by atoms with Crippen molar-refractivity contribution in [3.05, 3.63) is 65.9 Å². The van der Waals surface area contributed by atoms with Gasteiger partial charge in [-0.15, -0.1) is 0 Å². The third kappa shape index (κ3) is 8.21. The molecule has 1 unspecified atom stereocenters. The topological polar surface area (TPSA) is 193 Å². The predicted molar refractivity (Wildman–Crippen MR) is 255 cm³/mol. The second-order valence-corrected chi connectivity index (χ2v) is 20.0. The molecule has 10 rings (SSSR count). The summed E-state index contributed by atoms with van der Waals surface area (Å²) in [6.07, 6.45) is 8.07. The first-order chi connectivity index (χ1) is 32.8. The Labute approximate surface area is 396 Å². The molecule has 360 valence electrons. The molecule has 5 aliphatic rings. The van der Waals surface area contributed by atoms with Gasteiger partial charge in [0, 0.05) is 23.0 Å². The minimum atomic E-state index is -0.754. The Balaban J connectivity index is 0.905. The van der Waals surface area contributed by atoms with Crippen molar-refractivity contribution in [3.63, 3.8) is 0 Å². The number of hydrogen-bond acceptors (Lipinski definition) is 10. The molecule has 5 aromatic rings. The number of fused-ring (bicyclic) bond motifs is 7. The van der Waals surface area contributed by atoms with E-state index in [2.05, 4.69) is 63.9 Å². The average molecular weight is 929 g/mol. The lowest BCUT2D eigenvalue weighted by Crippen LogP contribution is -2.55. The number of aromatic nitrogens is 4. The van der Waals surface area contributed by atoms with Crippen LogP contribution < -0.4 is 15.4 Å². The number of rotatable bonds is 10. The Morgan fingerprint density at radius 3 is 2.38 bits per heavy atom. The number of ether oxygens (including phenoxy) is 4. The van der Waals surface area contributed by atoms with Crippen LogP contribution in [0.25, 0.3) is 44.2 Å². The van der Waals surface area contributed by atoms with E-state index in [9.17, 15) is 19.2 Å². The highest BCUT2D eigenvalue weighted by molar-refractivity contribution is 6.07. The van der Waals surface area contributed by atoms with Crippen molar-refractivity contribution in [2.45, 2.75) is 147 Å². The van der Waals surface area contributed by atoms with Gasteiger partial charge in [0.15, 0.2) is 0 Å². The summed E-state index contributed by atoms with van der Waals surface area (Å²) >= 11 is 0. The summed E-state index contributed by atoms with van der Waals surface area (Å²) in [6.45, 7) is 10.5. The summed E-state index contributed by atoms with van der Waals surface area (Å²) in [7, 11) is 2.64. The Morgan fingerprint density at radius 1 is 0.838 bits per heavy atom. The van der Waals surface area contributed by atoms with E-state index in [0.29, 0.717) is 25.4 Å². The summed E-state index contributed by atoms with van der Waals surface area (Å²) in [5.74, 6) is 2.26. The van der Waals surface area contributed by atoms with Crippen LogP contribution in [0.1, 0.15) is 122 Å². The van der Waals surface area contributed by atoms with Gasteiger partial charge in [0.05, 0.1) is 61.4 Å². The maximum atomic E-state index is 14.6. The van der Waals surface area contributed by atoms with Crippen LogP contribution >= 0.6 is 0 Å². The first kappa shape index (κ1) is 45.6. The van der Waals surface area contributed by atoms with E-state index < -0.39 is 24.3 Å². The molecule has 4 aliphatic heterocycles. The first-order valence-electron chi connectivity index (χ1n) is 24.6. The molecule has 0 spiro atoms. The number of carbonyl (C=O) groups excluding carboxylic acids is 4. The van der Waals surface area contributed by atoms with Crippen molar-refractivity contribution < 1.29 is 38.1 Å². The van der Waals surface area contributed by atoms with Crippen LogP contribution in [-0.4, -0.2) is 104 Å². The number of carbonyl (C=O) groups is 4. The third-order valence-corrected chi connectivity index (χ3v) is 15.8. The number of aromatic amines is 2. The van der Waals surface area contributed by atoms with Crippen molar-refractivity contribution >= 4 is 45.8 Å². The van der Waals surface area contributed by atoms with Crippen LogP contribution in [0.4, 0.5) is 9.59 Å². The average Bonchev–Trinajstić information content (AvgIpc) is 4.19. The normalized spacial score (nSPS) is 26.6. The van der Waals surface area contributed by atoms with Crippen molar-refractivity contribution in [2.24, 2.45) is 17.8 Å². The molecule has 10 atom stereocenters. The van der Waals surface area contributed by atoms with Gasteiger partial charge in [0.25, 0.3) is 0 Å². The molecule has 3 saturated heterocycles. The zero-order chi connectivity index (χ0) is 47.5. The lowest BCUT2D eigenvalue weighted by molar-refractivity contribution is -0.140. The van der Waals surface area contributed by atoms with Crippen molar-refractivity contribution in [3.8, 4) is 28.1 Å². The molecule has 0 radical (unpaired) electrons. The maximum absolute atomic E-state index is 14.6. The van der Waals surface area contributed by atoms with E-state index in [-0.39, 0.29) is 60.0 Å². The summed E-state index contributed by atoms with van der Waals surface area (Å²) in [5, 5.41) is 7.74. The van der Waals surface area contributed by atoms with Crippen molar-refractivity contribution in [2.75, 3.05) is 14.2 Å². The largest absolute Gasteiger partial charge is 0.488 e. The highest BCUT2D eigenvalue weighted by Crippen LogP contribution is 2.49. The number of alkyl carbamates (subject to hydrolysis) is 2. The molecule has 16 heteroatoms. The van der Waals surface area contributed by atoms with Crippen LogP contribution in [0.5, 0.6) is 5.75 Å². The van der Waals surface area contributed by atoms with Gasteiger partial charge >= 0.3 is 12.2 Å². The molecule has 2 aromatic heterocycles. The second-order valence-electron chi connectivity index (χ2n) is 20.0. The van der Waals surface area contributed by atoms with Crippen molar-refractivity contribution in [1.82, 2.24) is 40.4 Å². The maximum Gasteiger partial charge on any atom is 0.407 e. The molecule has 6 heterocycles. The number of hydrogen-bond donors (Lipinski definition) is 4. The molecule has 3 aromatic carbocycles. The minimum absolute atomic E-state index is 0.0340. The number of H-pyrrole nitrogens is 2.